The zero-order chi connectivity index (χ0) is 13.7. The third-order valence-electron chi connectivity index (χ3n) is 2.68. The van der Waals surface area contributed by atoms with Gasteiger partial charge in [-0.25, -0.2) is 0 Å². The number of aromatic nitrogens is 3. The number of ether oxygens (including phenoxy) is 1. The SMILES string of the molecule is CCOc1ccccc1C(N)CSc1nncn1C. The van der Waals surface area contributed by atoms with E-state index >= 15 is 0 Å². The van der Waals surface area contributed by atoms with Gasteiger partial charge in [-0.1, -0.05) is 30.0 Å². The van der Waals surface area contributed by atoms with E-state index in [9.17, 15) is 0 Å². The lowest BCUT2D eigenvalue weighted by Gasteiger charge is -2.15. The molecule has 0 bridgehead atoms. The number of rotatable bonds is 6. The van der Waals surface area contributed by atoms with E-state index in [4.69, 9.17) is 10.5 Å². The van der Waals surface area contributed by atoms with Crippen molar-refractivity contribution in [3.8, 4) is 5.75 Å². The molecule has 0 saturated heterocycles. The van der Waals surface area contributed by atoms with E-state index in [1.54, 1.807) is 18.1 Å². The molecule has 1 aromatic heterocycles. The van der Waals surface area contributed by atoms with Gasteiger partial charge in [-0.15, -0.1) is 10.2 Å². The summed E-state index contributed by atoms with van der Waals surface area (Å²) in [6.07, 6.45) is 1.68. The minimum absolute atomic E-state index is 0.0931. The Morgan fingerprint density at radius 1 is 1.42 bits per heavy atom. The fourth-order valence-electron chi connectivity index (χ4n) is 1.73. The van der Waals surface area contributed by atoms with E-state index in [0.29, 0.717) is 6.61 Å². The monoisotopic (exact) mass is 278 g/mol. The van der Waals surface area contributed by atoms with Crippen molar-refractivity contribution in [1.82, 2.24) is 14.8 Å². The van der Waals surface area contributed by atoms with Crippen LogP contribution >= 0.6 is 11.8 Å². The summed E-state index contributed by atoms with van der Waals surface area (Å²) in [5, 5.41) is 8.74. The minimum atomic E-state index is -0.0931. The molecular formula is C13H18N4OS. The molecular weight excluding hydrogens is 260 g/mol. The molecule has 1 atom stereocenters. The summed E-state index contributed by atoms with van der Waals surface area (Å²) in [6.45, 7) is 2.61. The van der Waals surface area contributed by atoms with Crippen molar-refractivity contribution in [3.63, 3.8) is 0 Å². The van der Waals surface area contributed by atoms with Crippen LogP contribution in [0.15, 0.2) is 35.7 Å². The zero-order valence-corrected chi connectivity index (χ0v) is 11.9. The van der Waals surface area contributed by atoms with Crippen molar-refractivity contribution in [1.29, 1.82) is 0 Å². The molecule has 0 spiro atoms. The number of para-hydroxylation sites is 1. The molecule has 2 aromatic rings. The van der Waals surface area contributed by atoms with E-state index in [0.717, 1.165) is 22.2 Å². The summed E-state index contributed by atoms with van der Waals surface area (Å²) in [5.74, 6) is 1.59. The summed E-state index contributed by atoms with van der Waals surface area (Å²) >= 11 is 1.59. The average Bonchev–Trinajstić information content (AvgIpc) is 2.82. The van der Waals surface area contributed by atoms with Crippen LogP contribution in [0.3, 0.4) is 0 Å². The number of thioether (sulfide) groups is 1. The first-order chi connectivity index (χ1) is 9.22. The minimum Gasteiger partial charge on any atom is -0.494 e. The predicted octanol–water partition coefficient (Wildman–Crippen LogP) is 2.01. The Morgan fingerprint density at radius 3 is 2.89 bits per heavy atom. The van der Waals surface area contributed by atoms with Crippen LogP contribution < -0.4 is 10.5 Å². The smallest absolute Gasteiger partial charge is 0.190 e. The first-order valence-corrected chi connectivity index (χ1v) is 7.15. The molecule has 1 heterocycles. The fraction of sp³-hybridized carbons (Fsp3) is 0.385. The molecule has 5 nitrogen and oxygen atoms in total. The molecule has 1 aromatic carbocycles. The van der Waals surface area contributed by atoms with Crippen LogP contribution in [0.25, 0.3) is 0 Å². The summed E-state index contributed by atoms with van der Waals surface area (Å²) in [4.78, 5) is 0. The quantitative estimate of drug-likeness (QED) is 0.819. The Morgan fingerprint density at radius 2 is 2.21 bits per heavy atom. The van der Waals surface area contributed by atoms with Crippen molar-refractivity contribution >= 4 is 11.8 Å². The van der Waals surface area contributed by atoms with Gasteiger partial charge in [-0.2, -0.15) is 0 Å². The molecule has 102 valence electrons. The molecule has 0 aliphatic carbocycles. The first kappa shape index (κ1) is 13.9. The summed E-state index contributed by atoms with van der Waals surface area (Å²) in [6, 6.07) is 7.80. The van der Waals surface area contributed by atoms with E-state index in [2.05, 4.69) is 10.2 Å². The van der Waals surface area contributed by atoms with E-state index in [1.165, 1.54) is 0 Å². The van der Waals surface area contributed by atoms with E-state index in [1.807, 2.05) is 42.8 Å². The van der Waals surface area contributed by atoms with Gasteiger partial charge in [-0.3, -0.25) is 0 Å². The Hall–Kier alpha value is -1.53. The molecule has 0 saturated carbocycles. The van der Waals surface area contributed by atoms with Crippen LogP contribution in [-0.4, -0.2) is 27.1 Å². The Bertz CT molecular complexity index is 529. The van der Waals surface area contributed by atoms with Gasteiger partial charge in [0.1, 0.15) is 12.1 Å². The van der Waals surface area contributed by atoms with Gasteiger partial charge in [-0.05, 0) is 13.0 Å². The van der Waals surface area contributed by atoms with Crippen LogP contribution in [0.1, 0.15) is 18.5 Å². The number of hydrogen-bond donors (Lipinski definition) is 1. The molecule has 2 rings (SSSR count). The largest absolute Gasteiger partial charge is 0.494 e. The summed E-state index contributed by atoms with van der Waals surface area (Å²) in [7, 11) is 1.92. The summed E-state index contributed by atoms with van der Waals surface area (Å²) < 4.78 is 7.48. The second kappa shape index (κ2) is 6.58. The molecule has 0 radical (unpaired) electrons. The van der Waals surface area contributed by atoms with Crippen molar-refractivity contribution in [2.75, 3.05) is 12.4 Å². The average molecular weight is 278 g/mol. The van der Waals surface area contributed by atoms with Gasteiger partial charge < -0.3 is 15.0 Å². The normalized spacial score (nSPS) is 12.4. The highest BCUT2D eigenvalue weighted by Crippen LogP contribution is 2.27. The maximum absolute atomic E-state index is 6.23. The third kappa shape index (κ3) is 3.48. The molecule has 0 amide bonds. The highest BCUT2D eigenvalue weighted by molar-refractivity contribution is 7.99. The van der Waals surface area contributed by atoms with Gasteiger partial charge >= 0.3 is 0 Å². The molecule has 19 heavy (non-hydrogen) atoms. The van der Waals surface area contributed by atoms with Crippen molar-refractivity contribution < 1.29 is 4.74 Å². The highest BCUT2D eigenvalue weighted by Gasteiger charge is 2.13. The highest BCUT2D eigenvalue weighted by atomic mass is 32.2. The number of aryl methyl sites for hydroxylation is 1. The van der Waals surface area contributed by atoms with Crippen LogP contribution in [0.4, 0.5) is 0 Å². The Balaban J connectivity index is 2.03. The van der Waals surface area contributed by atoms with Gasteiger partial charge in [0, 0.05) is 24.4 Å². The van der Waals surface area contributed by atoms with Crippen LogP contribution in [0, 0.1) is 0 Å². The molecule has 1 unspecified atom stereocenters. The molecule has 0 aliphatic rings. The van der Waals surface area contributed by atoms with Crippen LogP contribution in [0.5, 0.6) is 5.75 Å². The molecule has 0 fully saturated rings. The fourth-order valence-corrected chi connectivity index (χ4v) is 2.60. The van der Waals surface area contributed by atoms with E-state index < -0.39 is 0 Å². The van der Waals surface area contributed by atoms with Crippen molar-refractivity contribution in [2.24, 2.45) is 12.8 Å². The number of nitrogens with two attached hydrogens (primary N) is 1. The summed E-state index contributed by atoms with van der Waals surface area (Å²) in [5.41, 5.74) is 7.26. The standard InChI is InChI=1S/C13H18N4OS/c1-3-18-12-7-5-4-6-10(12)11(14)8-19-13-16-15-9-17(13)2/h4-7,9,11H,3,8,14H2,1-2H3. The van der Waals surface area contributed by atoms with Gasteiger partial charge in [0.25, 0.3) is 0 Å². The van der Waals surface area contributed by atoms with Gasteiger partial charge in [0.05, 0.1) is 6.61 Å². The predicted molar refractivity (Wildman–Crippen MR) is 76.3 cm³/mol. The molecule has 0 aliphatic heterocycles. The molecule has 6 heteroatoms. The number of hydrogen-bond acceptors (Lipinski definition) is 5. The van der Waals surface area contributed by atoms with Crippen molar-refractivity contribution in [2.45, 2.75) is 18.1 Å². The lowest BCUT2D eigenvalue weighted by atomic mass is 10.1. The topological polar surface area (TPSA) is 66.0 Å². The van der Waals surface area contributed by atoms with E-state index in [-0.39, 0.29) is 6.04 Å². The lowest BCUT2D eigenvalue weighted by molar-refractivity contribution is 0.335. The van der Waals surface area contributed by atoms with Crippen LogP contribution in [-0.2, 0) is 7.05 Å². The second-order valence-corrected chi connectivity index (χ2v) is 5.10. The Labute approximate surface area is 117 Å². The maximum atomic E-state index is 6.23. The third-order valence-corrected chi connectivity index (χ3v) is 3.83. The Kier molecular flexibility index (Phi) is 4.81. The van der Waals surface area contributed by atoms with Gasteiger partial charge in [0.15, 0.2) is 5.16 Å². The molecule has 2 N–H and O–H groups in total. The maximum Gasteiger partial charge on any atom is 0.190 e. The van der Waals surface area contributed by atoms with Gasteiger partial charge in [0.2, 0.25) is 0 Å². The number of benzene rings is 1. The lowest BCUT2D eigenvalue weighted by Crippen LogP contribution is -2.15. The van der Waals surface area contributed by atoms with Crippen LogP contribution in [0.2, 0.25) is 0 Å². The number of nitrogens with zero attached hydrogens (tertiary/aromatic N) is 3. The zero-order valence-electron chi connectivity index (χ0n) is 11.1. The van der Waals surface area contributed by atoms with Crippen molar-refractivity contribution in [3.05, 3.63) is 36.2 Å². The second-order valence-electron chi connectivity index (χ2n) is 4.11. The first-order valence-electron chi connectivity index (χ1n) is 6.16.